The van der Waals surface area contributed by atoms with E-state index in [9.17, 15) is 32.7 Å². The van der Waals surface area contributed by atoms with Gasteiger partial charge in [-0.1, -0.05) is 49.5 Å². The summed E-state index contributed by atoms with van der Waals surface area (Å²) in [4.78, 5) is 54.8. The largest absolute Gasteiger partial charge is 0.479 e. The predicted octanol–water partition coefficient (Wildman–Crippen LogP) is 4.01. The summed E-state index contributed by atoms with van der Waals surface area (Å²) in [6, 6.07) is 0.310. The molecule has 1 aromatic rings. The van der Waals surface area contributed by atoms with Gasteiger partial charge in [0.05, 0.1) is 0 Å². The Morgan fingerprint density at radius 3 is 2.42 bits per heavy atom. The molecule has 1 aliphatic heterocycles. The van der Waals surface area contributed by atoms with Crippen molar-refractivity contribution in [1.29, 1.82) is 0 Å². The molecular weight excluding hydrogens is 655 g/mol. The summed E-state index contributed by atoms with van der Waals surface area (Å²) in [6.07, 6.45) is 14.1. The van der Waals surface area contributed by atoms with E-state index in [-0.39, 0.29) is 29.0 Å². The Labute approximate surface area is 287 Å². The highest BCUT2D eigenvalue weighted by molar-refractivity contribution is 7.91. The number of hydrogen-bond acceptors (Lipinski definition) is 7. The van der Waals surface area contributed by atoms with Crippen molar-refractivity contribution in [2.24, 2.45) is 11.8 Å². The number of hydrogen-bond donors (Lipinski definition) is 4. The third-order valence-electron chi connectivity index (χ3n) is 10.5. The van der Waals surface area contributed by atoms with Gasteiger partial charge in [-0.05, 0) is 75.2 Å². The molecule has 1 aromatic heterocycles. The molecule has 4 fully saturated rings. The Bertz CT molecular complexity index is 1480. The molecule has 12 nitrogen and oxygen atoms in total. The van der Waals surface area contributed by atoms with Crippen molar-refractivity contribution < 1.29 is 32.7 Å². The van der Waals surface area contributed by atoms with E-state index in [0.29, 0.717) is 19.4 Å². The normalized spacial score (nSPS) is 26.0. The molecule has 4 aliphatic rings. The minimum Gasteiger partial charge on any atom is -0.479 e. The molecule has 4 N–H and O–H groups in total. The lowest BCUT2D eigenvalue weighted by molar-refractivity contribution is -0.145. The Kier molecular flexibility index (Phi) is 11.7. The van der Waals surface area contributed by atoms with E-state index in [1.165, 1.54) is 22.3 Å². The maximum atomic E-state index is 14.2. The zero-order chi connectivity index (χ0) is 34.5. The first-order valence-corrected chi connectivity index (χ1v) is 19.5. The van der Waals surface area contributed by atoms with Gasteiger partial charge >= 0.3 is 12.0 Å². The molecule has 2 heterocycles. The lowest BCUT2D eigenvalue weighted by atomic mass is 9.84. The molecule has 48 heavy (non-hydrogen) atoms. The van der Waals surface area contributed by atoms with Crippen LogP contribution >= 0.6 is 11.3 Å². The molecule has 5 rings (SSSR count). The van der Waals surface area contributed by atoms with Crippen LogP contribution in [0.5, 0.6) is 0 Å². The fourth-order valence-corrected chi connectivity index (χ4v) is 9.92. The Morgan fingerprint density at radius 1 is 1.08 bits per heavy atom. The van der Waals surface area contributed by atoms with Crippen LogP contribution in [0.1, 0.15) is 83.5 Å². The fourth-order valence-electron chi connectivity index (χ4n) is 7.52. The van der Waals surface area contributed by atoms with Crippen molar-refractivity contribution in [2.75, 3.05) is 20.1 Å². The van der Waals surface area contributed by atoms with E-state index in [2.05, 4.69) is 22.5 Å². The Hall–Kier alpha value is -3.23. The number of carbonyl (C=O) groups excluding carboxylic acids is 3. The first kappa shape index (κ1) is 36.1. The predicted molar refractivity (Wildman–Crippen MR) is 183 cm³/mol. The number of aliphatic carboxylic acids is 1. The minimum absolute atomic E-state index is 0.0753. The number of urea groups is 1. The summed E-state index contributed by atoms with van der Waals surface area (Å²) in [5.41, 5.74) is -0.335. The van der Waals surface area contributed by atoms with Crippen LogP contribution in [0.4, 0.5) is 4.79 Å². The van der Waals surface area contributed by atoms with Gasteiger partial charge in [0, 0.05) is 32.1 Å². The molecular formula is C34H49N5O7S2. The average molecular weight is 704 g/mol. The van der Waals surface area contributed by atoms with Gasteiger partial charge < -0.3 is 26.0 Å². The molecule has 0 bridgehead atoms. The van der Waals surface area contributed by atoms with Crippen LogP contribution < -0.4 is 16.0 Å². The van der Waals surface area contributed by atoms with Crippen molar-refractivity contribution in [1.82, 2.24) is 25.2 Å². The maximum Gasteiger partial charge on any atom is 0.330 e. The third kappa shape index (κ3) is 8.14. The van der Waals surface area contributed by atoms with Gasteiger partial charge in [0.1, 0.15) is 21.8 Å². The van der Waals surface area contributed by atoms with E-state index in [0.717, 1.165) is 81.1 Å². The molecule has 3 unspecified atom stereocenters. The number of rotatable bonds is 13. The van der Waals surface area contributed by atoms with Crippen molar-refractivity contribution in [3.05, 3.63) is 41.8 Å². The van der Waals surface area contributed by atoms with Crippen LogP contribution in [0.15, 0.2) is 46.0 Å². The van der Waals surface area contributed by atoms with Crippen molar-refractivity contribution >= 4 is 45.2 Å². The molecule has 3 saturated carbocycles. The standard InChI is InChI=1S/C34H49N5O7S2/c1-3-25-21-34(25,32(42)43)37-30(40)28-16-10-18-39(28)31(41)26(20-23-12-6-4-7-13-23)35-33(44)36-27(24-14-8-5-9-15-24)22-38(2)48(45,46)29-17-11-19-47-29/h3,11,17,19-20,24-28H,1,4-10,12-16,18,21-22H2,2H3,(H,37,40)(H,42,43)(H2,35,36,44)/t25?,26?,27?,28-,34+/m0/s1. The van der Waals surface area contributed by atoms with Gasteiger partial charge in [0.25, 0.3) is 10.0 Å². The number of likely N-dealkylation sites (tertiary alicyclic amines) is 1. The van der Waals surface area contributed by atoms with Crippen molar-refractivity contribution in [3.8, 4) is 0 Å². The first-order chi connectivity index (χ1) is 23.0. The zero-order valence-corrected chi connectivity index (χ0v) is 29.3. The second-order valence-corrected chi connectivity index (χ2v) is 16.9. The second-order valence-electron chi connectivity index (χ2n) is 13.7. The molecule has 4 amide bonds. The van der Waals surface area contributed by atoms with E-state index in [4.69, 9.17) is 0 Å². The summed E-state index contributed by atoms with van der Waals surface area (Å²) >= 11 is 1.15. The van der Waals surface area contributed by atoms with Gasteiger partial charge in [-0.3, -0.25) is 9.59 Å². The van der Waals surface area contributed by atoms with Gasteiger partial charge in [-0.2, -0.15) is 4.31 Å². The van der Waals surface area contributed by atoms with Crippen LogP contribution in [0.25, 0.3) is 0 Å². The molecule has 3 aliphatic carbocycles. The number of sulfonamides is 1. The van der Waals surface area contributed by atoms with Crippen LogP contribution in [0, 0.1) is 11.8 Å². The number of allylic oxidation sites excluding steroid dienone is 1. The SMILES string of the molecule is C=CC1C[C@]1(NC(=O)[C@@H]1CCCN1C(=O)C(C=C1CCCCC1)NC(=O)NC(CN(C)S(=O)(=O)c1cccs1)C1CCCCC1)C(=O)O. The number of likely N-dealkylation sites (N-methyl/N-ethyl adjacent to an activating group) is 1. The summed E-state index contributed by atoms with van der Waals surface area (Å²) in [5, 5.41) is 20.1. The fraction of sp³-hybridized carbons (Fsp3) is 0.647. The van der Waals surface area contributed by atoms with Gasteiger partial charge in [0.15, 0.2) is 0 Å². The van der Waals surface area contributed by atoms with Crippen molar-refractivity contribution in [2.45, 2.75) is 111 Å². The number of nitrogens with one attached hydrogen (secondary N) is 3. The van der Waals surface area contributed by atoms with Crippen LogP contribution in [-0.2, 0) is 24.4 Å². The monoisotopic (exact) mass is 703 g/mol. The van der Waals surface area contributed by atoms with Gasteiger partial charge in [-0.15, -0.1) is 17.9 Å². The lowest BCUT2D eigenvalue weighted by Gasteiger charge is -2.34. The number of nitrogens with zero attached hydrogens (tertiary/aromatic N) is 2. The summed E-state index contributed by atoms with van der Waals surface area (Å²) in [7, 11) is -2.21. The number of carboxylic acid groups (broad SMARTS) is 1. The lowest BCUT2D eigenvalue weighted by Crippen LogP contribution is -2.58. The molecule has 14 heteroatoms. The number of thiophene rings is 1. The number of carbonyl (C=O) groups is 4. The highest BCUT2D eigenvalue weighted by Crippen LogP contribution is 2.45. The topological polar surface area (TPSA) is 165 Å². The minimum atomic E-state index is -3.74. The van der Waals surface area contributed by atoms with Gasteiger partial charge in [-0.25, -0.2) is 18.0 Å². The quantitative estimate of drug-likeness (QED) is 0.226. The zero-order valence-electron chi connectivity index (χ0n) is 27.7. The molecule has 0 radical (unpaired) electrons. The van der Waals surface area contributed by atoms with Crippen LogP contribution in [0.2, 0.25) is 0 Å². The summed E-state index contributed by atoms with van der Waals surface area (Å²) in [6.45, 7) is 4.07. The van der Waals surface area contributed by atoms with E-state index >= 15 is 0 Å². The third-order valence-corrected chi connectivity index (χ3v) is 13.7. The number of amides is 4. The van der Waals surface area contributed by atoms with Crippen molar-refractivity contribution in [3.63, 3.8) is 0 Å². The Balaban J connectivity index is 1.32. The molecule has 5 atom stereocenters. The number of carboxylic acids is 1. The first-order valence-electron chi connectivity index (χ1n) is 17.2. The molecule has 264 valence electrons. The summed E-state index contributed by atoms with van der Waals surface area (Å²) in [5.74, 6) is -2.38. The van der Waals surface area contributed by atoms with E-state index in [1.54, 1.807) is 17.5 Å². The van der Waals surface area contributed by atoms with Gasteiger partial charge in [0.2, 0.25) is 11.8 Å². The highest BCUT2D eigenvalue weighted by Gasteiger charge is 2.61. The maximum absolute atomic E-state index is 14.2. The summed E-state index contributed by atoms with van der Waals surface area (Å²) < 4.78 is 28.1. The van der Waals surface area contributed by atoms with Crippen LogP contribution in [0.3, 0.4) is 0 Å². The molecule has 0 spiro atoms. The van der Waals surface area contributed by atoms with E-state index in [1.807, 2.05) is 6.08 Å². The smallest absolute Gasteiger partial charge is 0.330 e. The molecule has 0 aromatic carbocycles. The van der Waals surface area contributed by atoms with E-state index < -0.39 is 57.5 Å². The molecule has 1 saturated heterocycles. The average Bonchev–Trinajstić information content (AvgIpc) is 3.42. The second kappa shape index (κ2) is 15.5. The highest BCUT2D eigenvalue weighted by atomic mass is 32.2. The Morgan fingerprint density at radius 2 is 1.79 bits per heavy atom. The van der Waals surface area contributed by atoms with Crippen LogP contribution in [-0.4, -0.2) is 90.3 Å².